The van der Waals surface area contributed by atoms with Gasteiger partial charge in [-0.15, -0.1) is 0 Å². The quantitative estimate of drug-likeness (QED) is 0.877. The van der Waals surface area contributed by atoms with Crippen LogP contribution in [0.1, 0.15) is 40.2 Å². The van der Waals surface area contributed by atoms with E-state index in [2.05, 4.69) is 10.3 Å². The summed E-state index contributed by atoms with van der Waals surface area (Å²) in [4.78, 5) is 15.8. The maximum absolute atomic E-state index is 11.8. The Morgan fingerprint density at radius 3 is 2.28 bits per heavy atom. The molecular formula is C14H24N2O2. The van der Waals surface area contributed by atoms with E-state index in [9.17, 15) is 4.79 Å². The Morgan fingerprint density at radius 2 is 1.89 bits per heavy atom. The summed E-state index contributed by atoms with van der Waals surface area (Å²) in [5.74, 6) is 0.522. The number of pyridine rings is 1. The van der Waals surface area contributed by atoms with Gasteiger partial charge >= 0.3 is 0 Å². The van der Waals surface area contributed by atoms with Gasteiger partial charge in [-0.1, -0.05) is 34.6 Å². The molecule has 0 bridgehead atoms. The molecule has 0 saturated carbocycles. The second-order valence-corrected chi connectivity index (χ2v) is 4.75. The van der Waals surface area contributed by atoms with Crippen molar-refractivity contribution in [3.63, 3.8) is 0 Å². The Hall–Kier alpha value is -1.58. The van der Waals surface area contributed by atoms with Crippen LogP contribution in [0.2, 0.25) is 0 Å². The first-order valence-electron chi connectivity index (χ1n) is 6.16. The van der Waals surface area contributed by atoms with Crippen LogP contribution in [0, 0.1) is 12.3 Å². The van der Waals surface area contributed by atoms with Crippen molar-refractivity contribution in [3.05, 3.63) is 17.8 Å². The summed E-state index contributed by atoms with van der Waals surface area (Å²) in [5.41, 5.74) is 1.25. The molecule has 0 spiro atoms. The molecule has 4 heteroatoms. The highest BCUT2D eigenvalue weighted by Crippen LogP contribution is 2.21. The van der Waals surface area contributed by atoms with Crippen molar-refractivity contribution in [2.24, 2.45) is 5.41 Å². The first-order chi connectivity index (χ1) is 8.34. The smallest absolute Gasteiger partial charge is 0.229 e. The predicted octanol–water partition coefficient (Wildman–Crippen LogP) is 3.41. The molecule has 4 nitrogen and oxygen atoms in total. The Bertz CT molecular complexity index is 395. The highest BCUT2D eigenvalue weighted by molar-refractivity contribution is 5.94. The lowest BCUT2D eigenvalue weighted by Crippen LogP contribution is -2.28. The average molecular weight is 252 g/mol. The van der Waals surface area contributed by atoms with Crippen LogP contribution in [-0.4, -0.2) is 18.0 Å². The van der Waals surface area contributed by atoms with Crippen LogP contribution in [0.3, 0.4) is 0 Å². The molecule has 0 unspecified atom stereocenters. The maximum Gasteiger partial charge on any atom is 0.229 e. The minimum atomic E-state index is -0.410. The first kappa shape index (κ1) is 16.4. The van der Waals surface area contributed by atoms with Crippen molar-refractivity contribution in [1.82, 2.24) is 4.98 Å². The van der Waals surface area contributed by atoms with Crippen molar-refractivity contribution in [2.45, 2.75) is 41.5 Å². The van der Waals surface area contributed by atoms with Crippen molar-refractivity contribution >= 4 is 11.6 Å². The molecule has 0 aliphatic heterocycles. The molecule has 0 saturated heterocycles. The molecule has 18 heavy (non-hydrogen) atoms. The number of anilines is 1. The Morgan fingerprint density at radius 1 is 1.33 bits per heavy atom. The zero-order valence-electron chi connectivity index (χ0n) is 12.4. The topological polar surface area (TPSA) is 51.2 Å². The standard InChI is InChI=1S/C12H18N2O2.C2H6/c1-8-6-10(16-5)13-7-9(8)14-11(15)12(2,3)4;1-2/h6-7H,1-5H3,(H,14,15);1-2H3. The molecule has 0 aliphatic carbocycles. The van der Waals surface area contributed by atoms with Gasteiger partial charge in [0.1, 0.15) is 0 Å². The van der Waals surface area contributed by atoms with Gasteiger partial charge in [0.05, 0.1) is 19.0 Å². The molecule has 0 aliphatic rings. The van der Waals surface area contributed by atoms with Crippen LogP contribution in [0.15, 0.2) is 12.3 Å². The number of aryl methyl sites for hydroxylation is 1. The van der Waals surface area contributed by atoms with Crippen LogP contribution < -0.4 is 10.1 Å². The largest absolute Gasteiger partial charge is 0.481 e. The van der Waals surface area contributed by atoms with Gasteiger partial charge in [0, 0.05) is 11.5 Å². The summed E-state index contributed by atoms with van der Waals surface area (Å²) in [5, 5.41) is 2.84. The number of carbonyl (C=O) groups excluding carboxylic acids is 1. The Kier molecular flexibility index (Phi) is 6.37. The Balaban J connectivity index is 0.00000137. The second-order valence-electron chi connectivity index (χ2n) is 4.75. The van der Waals surface area contributed by atoms with E-state index in [-0.39, 0.29) is 5.91 Å². The van der Waals surface area contributed by atoms with Crippen LogP contribution in [0.5, 0.6) is 5.88 Å². The predicted molar refractivity (Wildman–Crippen MR) is 75.0 cm³/mol. The summed E-state index contributed by atoms with van der Waals surface area (Å²) in [7, 11) is 1.56. The molecule has 1 amide bonds. The third kappa shape index (κ3) is 4.73. The number of nitrogens with one attached hydrogen (secondary N) is 1. The summed E-state index contributed by atoms with van der Waals surface area (Å²) in [6.07, 6.45) is 1.61. The van der Waals surface area contributed by atoms with E-state index >= 15 is 0 Å². The zero-order valence-corrected chi connectivity index (χ0v) is 12.4. The number of hydrogen-bond acceptors (Lipinski definition) is 3. The number of rotatable bonds is 2. The summed E-state index contributed by atoms with van der Waals surface area (Å²) in [6.45, 7) is 11.5. The lowest BCUT2D eigenvalue weighted by Gasteiger charge is -2.18. The van der Waals surface area contributed by atoms with E-state index in [4.69, 9.17) is 4.74 Å². The number of aromatic nitrogens is 1. The normalized spacial score (nSPS) is 10.2. The van der Waals surface area contributed by atoms with E-state index in [1.807, 2.05) is 41.5 Å². The second kappa shape index (κ2) is 6.99. The Labute approximate surface area is 110 Å². The van der Waals surface area contributed by atoms with Crippen molar-refractivity contribution in [2.75, 3.05) is 12.4 Å². The van der Waals surface area contributed by atoms with Gasteiger partial charge in [-0.2, -0.15) is 0 Å². The zero-order chi connectivity index (χ0) is 14.3. The molecule has 0 atom stereocenters. The summed E-state index contributed by atoms with van der Waals surface area (Å²) < 4.78 is 5.00. The maximum atomic E-state index is 11.8. The fourth-order valence-electron chi connectivity index (χ4n) is 1.08. The van der Waals surface area contributed by atoms with E-state index in [0.717, 1.165) is 11.3 Å². The van der Waals surface area contributed by atoms with Gasteiger partial charge in [0.25, 0.3) is 0 Å². The van der Waals surface area contributed by atoms with Gasteiger partial charge in [0.2, 0.25) is 11.8 Å². The average Bonchev–Trinajstić information content (AvgIpc) is 2.33. The van der Waals surface area contributed by atoms with E-state index < -0.39 is 5.41 Å². The van der Waals surface area contributed by atoms with Crippen LogP contribution in [0.25, 0.3) is 0 Å². The van der Waals surface area contributed by atoms with E-state index in [1.54, 1.807) is 19.4 Å². The van der Waals surface area contributed by atoms with Crippen molar-refractivity contribution in [3.8, 4) is 5.88 Å². The number of ether oxygens (including phenoxy) is 1. The summed E-state index contributed by atoms with van der Waals surface area (Å²) >= 11 is 0. The molecule has 1 rings (SSSR count). The molecule has 1 aromatic rings. The monoisotopic (exact) mass is 252 g/mol. The number of hydrogen-bond donors (Lipinski definition) is 1. The minimum absolute atomic E-state index is 0.0254. The van der Waals surface area contributed by atoms with Gasteiger partial charge in [-0.3, -0.25) is 4.79 Å². The number of carbonyl (C=O) groups is 1. The molecule has 102 valence electrons. The molecular weight excluding hydrogens is 228 g/mol. The first-order valence-corrected chi connectivity index (χ1v) is 6.16. The van der Waals surface area contributed by atoms with E-state index in [1.165, 1.54) is 0 Å². The third-order valence-electron chi connectivity index (χ3n) is 2.22. The number of methoxy groups -OCH3 is 1. The SMILES string of the molecule is CC.COc1cc(C)c(NC(=O)C(C)(C)C)cn1. The highest BCUT2D eigenvalue weighted by Gasteiger charge is 2.21. The minimum Gasteiger partial charge on any atom is -0.481 e. The summed E-state index contributed by atoms with van der Waals surface area (Å²) in [6, 6.07) is 1.79. The van der Waals surface area contributed by atoms with Crippen molar-refractivity contribution in [1.29, 1.82) is 0 Å². The fraction of sp³-hybridized carbons (Fsp3) is 0.571. The molecule has 0 radical (unpaired) electrons. The third-order valence-corrected chi connectivity index (χ3v) is 2.22. The highest BCUT2D eigenvalue weighted by atomic mass is 16.5. The van der Waals surface area contributed by atoms with Gasteiger partial charge in [-0.25, -0.2) is 4.98 Å². The van der Waals surface area contributed by atoms with Crippen molar-refractivity contribution < 1.29 is 9.53 Å². The van der Waals surface area contributed by atoms with Gasteiger partial charge < -0.3 is 10.1 Å². The lowest BCUT2D eigenvalue weighted by atomic mass is 9.95. The molecule has 1 heterocycles. The number of nitrogens with zero attached hydrogens (tertiary/aromatic N) is 1. The fourth-order valence-corrected chi connectivity index (χ4v) is 1.08. The van der Waals surface area contributed by atoms with Gasteiger partial charge in [0.15, 0.2) is 0 Å². The molecule has 1 N–H and O–H groups in total. The van der Waals surface area contributed by atoms with Crippen LogP contribution in [-0.2, 0) is 4.79 Å². The lowest BCUT2D eigenvalue weighted by molar-refractivity contribution is -0.123. The molecule has 0 aromatic carbocycles. The number of amides is 1. The van der Waals surface area contributed by atoms with E-state index in [0.29, 0.717) is 5.88 Å². The van der Waals surface area contributed by atoms with Gasteiger partial charge in [-0.05, 0) is 12.5 Å². The molecule has 0 fully saturated rings. The van der Waals surface area contributed by atoms with Crippen LogP contribution >= 0.6 is 0 Å². The molecule has 1 aromatic heterocycles. The van der Waals surface area contributed by atoms with Crippen LogP contribution in [0.4, 0.5) is 5.69 Å².